The van der Waals surface area contributed by atoms with E-state index in [0.29, 0.717) is 29.5 Å². The van der Waals surface area contributed by atoms with Gasteiger partial charge in [-0.2, -0.15) is 0 Å². The van der Waals surface area contributed by atoms with Crippen molar-refractivity contribution in [3.63, 3.8) is 0 Å². The summed E-state index contributed by atoms with van der Waals surface area (Å²) in [7, 11) is 1.63. The maximum Gasteiger partial charge on any atom is 0.338 e. The second kappa shape index (κ2) is 8.74. The van der Waals surface area contributed by atoms with Gasteiger partial charge in [-0.05, 0) is 80.8 Å². The number of hydrogen-bond donors (Lipinski definition) is 2. The van der Waals surface area contributed by atoms with E-state index in [2.05, 4.69) is 25.1 Å². The first-order valence-electron chi connectivity index (χ1n) is 13.1. The molecule has 190 valence electrons. The van der Waals surface area contributed by atoms with Crippen molar-refractivity contribution in [3.05, 3.63) is 47.5 Å². The molecule has 2 N–H and O–H groups in total. The summed E-state index contributed by atoms with van der Waals surface area (Å²) in [4.78, 5) is 12.6. The molecule has 0 unspecified atom stereocenters. The topological polar surface area (TPSA) is 88.3 Å². The zero-order valence-corrected chi connectivity index (χ0v) is 21.4. The highest BCUT2D eigenvalue weighted by Gasteiger charge is 2.69. The van der Waals surface area contributed by atoms with E-state index in [1.807, 2.05) is 18.2 Å². The van der Waals surface area contributed by atoms with Crippen molar-refractivity contribution in [3.8, 4) is 0 Å². The predicted octanol–water partition coefficient (Wildman–Crippen LogP) is 5.38. The number of allylic oxidation sites excluding steroid dienone is 1. The first-order valence-corrected chi connectivity index (χ1v) is 13.1. The number of esters is 1. The number of rotatable bonds is 4. The van der Waals surface area contributed by atoms with Crippen molar-refractivity contribution in [1.82, 2.24) is 0 Å². The van der Waals surface area contributed by atoms with Gasteiger partial charge in [0.25, 0.3) is 0 Å². The van der Waals surface area contributed by atoms with E-state index < -0.39 is 11.7 Å². The van der Waals surface area contributed by atoms with Gasteiger partial charge in [-0.3, -0.25) is 0 Å². The number of carbonyl (C=O) groups is 1. The van der Waals surface area contributed by atoms with Crippen LogP contribution in [-0.2, 0) is 9.47 Å². The SMILES string of the molecule is CO[C@]1(/C(C)=N\O)[C@H](O)C[C@@H]2[C@@H]3CC=C4C[C@@H](OC(=O)c5ccccc5)CC[C@]4(C)[C@@H]3CC[C@@]21C. The van der Waals surface area contributed by atoms with Crippen molar-refractivity contribution in [2.45, 2.75) is 83.5 Å². The third-order valence-electron chi connectivity index (χ3n) is 10.5. The van der Waals surface area contributed by atoms with Crippen LogP contribution in [0.25, 0.3) is 0 Å². The highest BCUT2D eigenvalue weighted by molar-refractivity contribution is 5.92. The number of methoxy groups -OCH3 is 1. The van der Waals surface area contributed by atoms with Gasteiger partial charge in [-0.25, -0.2) is 4.79 Å². The van der Waals surface area contributed by atoms with Crippen LogP contribution >= 0.6 is 0 Å². The minimum absolute atomic E-state index is 0.0784. The smallest absolute Gasteiger partial charge is 0.338 e. The van der Waals surface area contributed by atoms with Crippen LogP contribution in [0.15, 0.2) is 47.1 Å². The molecule has 1 aromatic carbocycles. The molecule has 4 aliphatic rings. The van der Waals surface area contributed by atoms with Gasteiger partial charge in [0, 0.05) is 18.9 Å². The number of fused-ring (bicyclic) bond motifs is 5. The van der Waals surface area contributed by atoms with Crippen molar-refractivity contribution in [2.75, 3.05) is 7.11 Å². The third kappa shape index (κ3) is 3.43. The first kappa shape index (κ1) is 24.5. The average molecular weight is 482 g/mol. The lowest BCUT2D eigenvalue weighted by molar-refractivity contribution is -0.131. The van der Waals surface area contributed by atoms with Crippen molar-refractivity contribution >= 4 is 11.7 Å². The summed E-state index contributed by atoms with van der Waals surface area (Å²) >= 11 is 0. The van der Waals surface area contributed by atoms with E-state index in [1.54, 1.807) is 26.2 Å². The molecule has 0 aromatic heterocycles. The predicted molar refractivity (Wildman–Crippen MR) is 133 cm³/mol. The van der Waals surface area contributed by atoms with Gasteiger partial charge in [0.2, 0.25) is 0 Å². The fourth-order valence-corrected chi connectivity index (χ4v) is 8.77. The Balaban J connectivity index is 1.38. The molecule has 6 heteroatoms. The van der Waals surface area contributed by atoms with E-state index in [0.717, 1.165) is 38.5 Å². The number of carbonyl (C=O) groups excluding carboxylic acids is 1. The minimum Gasteiger partial charge on any atom is -0.458 e. The summed E-state index contributed by atoms with van der Waals surface area (Å²) < 4.78 is 12.0. The molecule has 0 radical (unpaired) electrons. The van der Waals surface area contributed by atoms with Gasteiger partial charge >= 0.3 is 5.97 Å². The number of aliphatic hydroxyl groups is 1. The molecule has 4 aliphatic carbocycles. The summed E-state index contributed by atoms with van der Waals surface area (Å²) in [5, 5.41) is 24.4. The van der Waals surface area contributed by atoms with Gasteiger partial charge in [0.1, 0.15) is 11.7 Å². The molecule has 5 rings (SSSR count). The van der Waals surface area contributed by atoms with E-state index in [1.165, 1.54) is 5.57 Å². The molecule has 35 heavy (non-hydrogen) atoms. The molecule has 3 fully saturated rings. The molecule has 0 aliphatic heterocycles. The van der Waals surface area contributed by atoms with Crippen LogP contribution in [-0.4, -0.2) is 46.9 Å². The Morgan fingerprint density at radius 1 is 1.11 bits per heavy atom. The lowest BCUT2D eigenvalue weighted by Gasteiger charge is -2.59. The van der Waals surface area contributed by atoms with Crippen molar-refractivity contribution in [2.24, 2.45) is 33.7 Å². The van der Waals surface area contributed by atoms with E-state index in [9.17, 15) is 15.1 Å². The molecule has 0 amide bonds. The van der Waals surface area contributed by atoms with Crippen LogP contribution in [0, 0.1) is 28.6 Å². The van der Waals surface area contributed by atoms with Crippen LogP contribution in [0.2, 0.25) is 0 Å². The van der Waals surface area contributed by atoms with E-state index in [4.69, 9.17) is 9.47 Å². The number of nitrogens with zero attached hydrogens (tertiary/aromatic N) is 1. The summed E-state index contributed by atoms with van der Waals surface area (Å²) in [6, 6.07) is 9.23. The Morgan fingerprint density at radius 3 is 2.54 bits per heavy atom. The molecule has 3 saturated carbocycles. The Hall–Kier alpha value is -2.18. The molecule has 0 spiro atoms. The van der Waals surface area contributed by atoms with Crippen LogP contribution in [0.1, 0.15) is 76.1 Å². The fraction of sp³-hybridized carbons (Fsp3) is 0.655. The molecule has 0 saturated heterocycles. The number of benzene rings is 1. The van der Waals surface area contributed by atoms with Crippen molar-refractivity contribution < 1.29 is 24.6 Å². The number of ether oxygens (including phenoxy) is 2. The summed E-state index contributed by atoms with van der Waals surface area (Å²) in [5.41, 5.74) is 1.35. The van der Waals surface area contributed by atoms with E-state index in [-0.39, 0.29) is 28.8 Å². The van der Waals surface area contributed by atoms with Crippen molar-refractivity contribution in [1.29, 1.82) is 0 Å². The number of aliphatic hydroxyl groups excluding tert-OH is 1. The second-order valence-corrected chi connectivity index (χ2v) is 11.7. The van der Waals surface area contributed by atoms with Gasteiger partial charge in [0.15, 0.2) is 0 Å². The summed E-state index contributed by atoms with van der Waals surface area (Å²) in [6.45, 7) is 6.40. The van der Waals surface area contributed by atoms with Crippen LogP contribution in [0.5, 0.6) is 0 Å². The second-order valence-electron chi connectivity index (χ2n) is 11.7. The largest absolute Gasteiger partial charge is 0.458 e. The molecular formula is C29H39NO5. The maximum atomic E-state index is 12.6. The zero-order valence-electron chi connectivity index (χ0n) is 21.4. The van der Waals surface area contributed by atoms with Crippen LogP contribution < -0.4 is 0 Å². The Morgan fingerprint density at radius 2 is 1.86 bits per heavy atom. The number of oxime groups is 1. The first-order chi connectivity index (χ1) is 16.7. The Labute approximate surface area is 208 Å². The molecule has 0 heterocycles. The molecular weight excluding hydrogens is 442 g/mol. The quantitative estimate of drug-likeness (QED) is 0.198. The lowest BCUT2D eigenvalue weighted by atomic mass is 9.46. The average Bonchev–Trinajstić information content (AvgIpc) is 3.10. The molecule has 0 bridgehead atoms. The summed E-state index contributed by atoms with van der Waals surface area (Å²) in [6.07, 6.45) is 7.93. The monoisotopic (exact) mass is 481 g/mol. The number of hydrogen-bond acceptors (Lipinski definition) is 6. The fourth-order valence-electron chi connectivity index (χ4n) is 8.77. The van der Waals surface area contributed by atoms with Crippen LogP contribution in [0.4, 0.5) is 0 Å². The minimum atomic E-state index is -0.953. The standard InChI is InChI=1S/C29H39NO5/c1-18(30-33)29(34-4)25(31)17-24-22-11-10-20-16-21(35-26(32)19-8-6-5-7-9-19)12-14-27(20,2)23(22)13-15-28(24,29)3/h5-10,21-25,31,33H,11-17H2,1-4H3/b30-18-/t21-,22+,23+,24+,25+,27-,28-,29+/m0/s1. The lowest BCUT2D eigenvalue weighted by Crippen LogP contribution is -2.60. The van der Waals surface area contributed by atoms with Crippen LogP contribution in [0.3, 0.4) is 0 Å². The molecule has 1 aromatic rings. The Bertz CT molecular complexity index is 1040. The molecule has 8 atom stereocenters. The summed E-state index contributed by atoms with van der Waals surface area (Å²) in [5.74, 6) is 1.02. The maximum absolute atomic E-state index is 12.6. The molecule has 6 nitrogen and oxygen atoms in total. The third-order valence-corrected chi connectivity index (χ3v) is 10.5. The van der Waals surface area contributed by atoms with Gasteiger partial charge in [-0.15, -0.1) is 0 Å². The highest BCUT2D eigenvalue weighted by Crippen LogP contribution is 2.68. The van der Waals surface area contributed by atoms with Gasteiger partial charge < -0.3 is 19.8 Å². The highest BCUT2D eigenvalue weighted by atomic mass is 16.5. The Kier molecular flexibility index (Phi) is 6.12. The van der Waals surface area contributed by atoms with Gasteiger partial charge in [0.05, 0.1) is 17.4 Å². The normalized spacial score (nSPS) is 42.9. The van der Waals surface area contributed by atoms with Gasteiger partial charge in [-0.1, -0.05) is 48.9 Å². The van der Waals surface area contributed by atoms with E-state index >= 15 is 0 Å². The zero-order chi connectivity index (χ0) is 25.0.